The molecule has 0 aliphatic carbocycles. The summed E-state index contributed by atoms with van der Waals surface area (Å²) in [5.41, 5.74) is 0.206. The van der Waals surface area contributed by atoms with Crippen LogP contribution in [0.1, 0.15) is 0 Å². The lowest BCUT2D eigenvalue weighted by Crippen LogP contribution is -2.50. The van der Waals surface area contributed by atoms with Crippen molar-refractivity contribution in [1.29, 1.82) is 0 Å². The minimum absolute atomic E-state index is 0.140. The van der Waals surface area contributed by atoms with Crippen molar-refractivity contribution in [3.8, 4) is 0 Å². The van der Waals surface area contributed by atoms with Crippen LogP contribution in [-0.4, -0.2) is 48.8 Å². The zero-order chi connectivity index (χ0) is 13.8. The SMILES string of the molecule is COC(=O)C1COCCN1c1ccncc1[N+](=O)[O-]. The first-order valence-corrected chi connectivity index (χ1v) is 5.65. The molecule has 0 N–H and O–H groups in total. The summed E-state index contributed by atoms with van der Waals surface area (Å²) in [5, 5.41) is 11.0. The maximum absolute atomic E-state index is 11.7. The van der Waals surface area contributed by atoms with Crippen molar-refractivity contribution in [1.82, 2.24) is 4.98 Å². The molecule has 1 aromatic rings. The first kappa shape index (κ1) is 13.2. The molecule has 8 nitrogen and oxygen atoms in total. The molecule has 2 heterocycles. The van der Waals surface area contributed by atoms with Crippen molar-refractivity contribution >= 4 is 17.3 Å². The van der Waals surface area contributed by atoms with Crippen molar-refractivity contribution in [2.45, 2.75) is 6.04 Å². The molecule has 1 atom stereocenters. The van der Waals surface area contributed by atoms with Crippen molar-refractivity contribution < 1.29 is 19.2 Å². The Morgan fingerprint density at radius 1 is 1.68 bits per heavy atom. The number of carbonyl (C=O) groups is 1. The number of morpholine rings is 1. The van der Waals surface area contributed by atoms with Crippen LogP contribution in [0.5, 0.6) is 0 Å². The number of hydrogen-bond acceptors (Lipinski definition) is 7. The molecule has 8 heteroatoms. The van der Waals surface area contributed by atoms with Crippen LogP contribution in [0.25, 0.3) is 0 Å². The Morgan fingerprint density at radius 2 is 2.47 bits per heavy atom. The van der Waals surface area contributed by atoms with Crippen molar-refractivity contribution in [2.24, 2.45) is 0 Å². The molecular formula is C11H13N3O5. The predicted octanol–water partition coefficient (Wildman–Crippen LogP) is 0.368. The van der Waals surface area contributed by atoms with Crippen molar-refractivity contribution in [2.75, 3.05) is 31.8 Å². The zero-order valence-electron chi connectivity index (χ0n) is 10.3. The highest BCUT2D eigenvalue weighted by atomic mass is 16.6. The van der Waals surface area contributed by atoms with Gasteiger partial charge in [-0.15, -0.1) is 0 Å². The Balaban J connectivity index is 2.37. The number of carbonyl (C=O) groups excluding carboxylic acids is 1. The molecule has 19 heavy (non-hydrogen) atoms. The highest BCUT2D eigenvalue weighted by molar-refractivity contribution is 5.82. The Hall–Kier alpha value is -2.22. The van der Waals surface area contributed by atoms with Crippen molar-refractivity contribution in [3.05, 3.63) is 28.6 Å². The molecule has 102 valence electrons. The van der Waals surface area contributed by atoms with Crippen LogP contribution in [0.15, 0.2) is 18.5 Å². The molecule has 1 unspecified atom stereocenters. The number of nitro groups is 1. The minimum Gasteiger partial charge on any atom is -0.467 e. The molecule has 0 bridgehead atoms. The standard InChI is InChI=1S/C11H13N3O5/c1-18-11(15)10-7-19-5-4-13(10)8-2-3-12-6-9(8)14(16)17/h2-3,6,10H,4-5,7H2,1H3. The second kappa shape index (κ2) is 5.61. The van der Waals surface area contributed by atoms with Gasteiger partial charge in [-0.1, -0.05) is 0 Å². The van der Waals surface area contributed by atoms with E-state index in [9.17, 15) is 14.9 Å². The molecule has 0 saturated carbocycles. The van der Waals surface area contributed by atoms with Gasteiger partial charge in [-0.2, -0.15) is 0 Å². The third-order valence-electron chi connectivity index (χ3n) is 2.89. The van der Waals surface area contributed by atoms with Gasteiger partial charge in [-0.3, -0.25) is 15.1 Å². The third kappa shape index (κ3) is 2.63. The Kier molecular flexibility index (Phi) is 3.91. The third-order valence-corrected chi connectivity index (χ3v) is 2.89. The summed E-state index contributed by atoms with van der Waals surface area (Å²) in [6.45, 7) is 0.920. The van der Waals surface area contributed by atoms with Crippen LogP contribution in [0.4, 0.5) is 11.4 Å². The number of methoxy groups -OCH3 is 1. The van der Waals surface area contributed by atoms with E-state index in [-0.39, 0.29) is 12.3 Å². The largest absolute Gasteiger partial charge is 0.467 e. The molecule has 0 aromatic carbocycles. The molecule has 1 aliphatic heterocycles. The van der Waals surface area contributed by atoms with E-state index in [1.54, 1.807) is 4.90 Å². The van der Waals surface area contributed by atoms with Gasteiger partial charge in [-0.25, -0.2) is 4.79 Å². The summed E-state index contributed by atoms with van der Waals surface area (Å²) >= 11 is 0. The lowest BCUT2D eigenvalue weighted by molar-refractivity contribution is -0.384. The summed E-state index contributed by atoms with van der Waals surface area (Å²) in [6, 6.07) is 0.833. The van der Waals surface area contributed by atoms with E-state index >= 15 is 0 Å². The van der Waals surface area contributed by atoms with E-state index in [1.165, 1.54) is 25.6 Å². The molecule has 0 amide bonds. The zero-order valence-corrected chi connectivity index (χ0v) is 10.3. The monoisotopic (exact) mass is 267 g/mol. The first-order chi connectivity index (χ1) is 9.15. The molecule has 1 aromatic heterocycles. The smallest absolute Gasteiger partial charge is 0.330 e. The molecule has 0 spiro atoms. The maximum atomic E-state index is 11.7. The molecule has 2 rings (SSSR count). The van der Waals surface area contributed by atoms with Gasteiger partial charge >= 0.3 is 11.7 Å². The fraction of sp³-hybridized carbons (Fsp3) is 0.455. The van der Waals surface area contributed by atoms with Gasteiger partial charge in [0.05, 0.1) is 25.2 Å². The minimum atomic E-state index is -0.681. The highest BCUT2D eigenvalue weighted by Gasteiger charge is 2.33. The fourth-order valence-electron chi connectivity index (χ4n) is 1.99. The number of rotatable bonds is 3. The highest BCUT2D eigenvalue weighted by Crippen LogP contribution is 2.29. The lowest BCUT2D eigenvalue weighted by Gasteiger charge is -2.34. The fourth-order valence-corrected chi connectivity index (χ4v) is 1.99. The normalized spacial score (nSPS) is 19.0. The number of aromatic nitrogens is 1. The number of hydrogen-bond donors (Lipinski definition) is 0. The van der Waals surface area contributed by atoms with Crippen LogP contribution >= 0.6 is 0 Å². The number of anilines is 1. The molecular weight excluding hydrogens is 254 g/mol. The van der Waals surface area contributed by atoms with E-state index < -0.39 is 16.9 Å². The number of pyridine rings is 1. The second-order valence-corrected chi connectivity index (χ2v) is 3.93. The quantitative estimate of drug-likeness (QED) is 0.443. The van der Waals surface area contributed by atoms with Gasteiger partial charge in [0.15, 0.2) is 6.04 Å². The van der Waals surface area contributed by atoms with E-state index in [0.29, 0.717) is 18.8 Å². The Bertz CT molecular complexity index is 493. The van der Waals surface area contributed by atoms with Gasteiger partial charge in [0.1, 0.15) is 11.9 Å². The Morgan fingerprint density at radius 3 is 3.16 bits per heavy atom. The first-order valence-electron chi connectivity index (χ1n) is 5.65. The molecule has 1 fully saturated rings. The molecule has 1 saturated heterocycles. The summed E-state index contributed by atoms with van der Waals surface area (Å²) in [4.78, 5) is 27.5. The van der Waals surface area contributed by atoms with Crippen LogP contribution in [0.2, 0.25) is 0 Å². The summed E-state index contributed by atoms with van der Waals surface area (Å²) in [6.07, 6.45) is 2.62. The Labute approximate surface area is 109 Å². The van der Waals surface area contributed by atoms with E-state index in [2.05, 4.69) is 4.98 Å². The van der Waals surface area contributed by atoms with Gasteiger partial charge in [0, 0.05) is 12.7 Å². The summed E-state index contributed by atoms with van der Waals surface area (Å²) in [5.74, 6) is -0.481. The van der Waals surface area contributed by atoms with Gasteiger partial charge in [0.2, 0.25) is 0 Å². The van der Waals surface area contributed by atoms with E-state index in [0.717, 1.165) is 0 Å². The van der Waals surface area contributed by atoms with Crippen LogP contribution in [-0.2, 0) is 14.3 Å². The van der Waals surface area contributed by atoms with Gasteiger partial charge < -0.3 is 14.4 Å². The second-order valence-electron chi connectivity index (χ2n) is 3.93. The molecule has 0 radical (unpaired) electrons. The predicted molar refractivity (Wildman–Crippen MR) is 64.9 cm³/mol. The van der Waals surface area contributed by atoms with E-state index in [1.807, 2.05) is 0 Å². The van der Waals surface area contributed by atoms with Crippen LogP contribution in [0.3, 0.4) is 0 Å². The summed E-state index contributed by atoms with van der Waals surface area (Å²) in [7, 11) is 1.27. The lowest BCUT2D eigenvalue weighted by atomic mass is 10.2. The van der Waals surface area contributed by atoms with E-state index in [4.69, 9.17) is 9.47 Å². The molecule has 1 aliphatic rings. The number of ether oxygens (including phenoxy) is 2. The van der Waals surface area contributed by atoms with Crippen LogP contribution < -0.4 is 4.90 Å². The summed E-state index contributed by atoms with van der Waals surface area (Å²) < 4.78 is 9.92. The van der Waals surface area contributed by atoms with Gasteiger partial charge in [0.25, 0.3) is 0 Å². The number of esters is 1. The maximum Gasteiger partial charge on any atom is 0.330 e. The average molecular weight is 267 g/mol. The van der Waals surface area contributed by atoms with Crippen LogP contribution in [0, 0.1) is 10.1 Å². The average Bonchev–Trinajstić information content (AvgIpc) is 2.46. The van der Waals surface area contributed by atoms with Crippen molar-refractivity contribution in [3.63, 3.8) is 0 Å². The van der Waals surface area contributed by atoms with Gasteiger partial charge in [-0.05, 0) is 6.07 Å². The topological polar surface area (TPSA) is 94.8 Å². The number of nitrogens with zero attached hydrogens (tertiary/aromatic N) is 3.